The average Bonchev–Trinajstić information content (AvgIpc) is 1.62. The van der Waals surface area contributed by atoms with E-state index in [4.69, 9.17) is 64.8 Å². The van der Waals surface area contributed by atoms with Crippen LogP contribution in [0.3, 0.4) is 0 Å². The predicted molar refractivity (Wildman–Crippen MR) is 580 cm³/mol. The number of hydrogen-bond donors (Lipinski definition) is 0. The molecule has 0 saturated carbocycles. The van der Waals surface area contributed by atoms with Gasteiger partial charge in [-0.15, -0.1) is 0 Å². The molecule has 21 heteroatoms. The molecule has 0 saturated heterocycles. The molecular formula is C121H81N17S4. The van der Waals surface area contributed by atoms with Crippen molar-refractivity contribution in [1.29, 1.82) is 0 Å². The fourth-order valence-corrected chi connectivity index (χ4v) is 23.9. The minimum Gasteiger partial charge on any atom is -0.310 e. The number of benzene rings is 17. The molecule has 0 radical (unpaired) electrons. The first kappa shape index (κ1) is 85.5. The third-order valence-corrected chi connectivity index (χ3v) is 30.3. The summed E-state index contributed by atoms with van der Waals surface area (Å²) in [5.74, 6) is 6.93. The summed E-state index contributed by atoms with van der Waals surface area (Å²) in [5, 5.41) is 6.19. The van der Waals surface area contributed by atoms with Crippen LogP contribution in [0.25, 0.3) is 185 Å². The molecule has 0 amide bonds. The van der Waals surface area contributed by atoms with Crippen molar-refractivity contribution in [3.05, 3.63) is 464 Å². The summed E-state index contributed by atoms with van der Waals surface area (Å²) in [6.07, 6.45) is 0. The fraction of sp³-hybridized carbons (Fsp3) is 0.0496. The molecule has 29 rings (SSSR count). The van der Waals surface area contributed by atoms with Gasteiger partial charge >= 0.3 is 0 Å². The summed E-state index contributed by atoms with van der Waals surface area (Å²) in [6.45, 7) is 0. The standard InChI is InChI=1S/C36H26N4S.C29H19N5S.2C28H18N4S/c1-4-13-24(14-5-1)31-28-20-10-11-22-30(28)37-35(38-31)29-21-12-19-27-23-41-36-39-32(25-15-6-2-7-16-25)34(40(36)33(27)29)26-17-8-3-9-18-26;1-3-10-19(11-4-1)26-31-27(20-12-5-2-6-13-20)33-28(32-26)22-15-9-14-21-18-35-29-30-23-16-7-8-17-24(23)34(29)25(21)22;1-2-9-18(10-3-1)25-26(30-22-14-5-4-13-21(22)29-25)20-12-8-11-19-17-33-28-31-23-15-6-7-16-24(23)32(28)27(19)20;1-2-9-18(10-3-1)25-20-12-4-5-14-22(20)29-27(31-25)21-13-8-11-19-17-33-28-30-23-15-6-7-16-24(23)32(28)26(19)21/h1-22,32,34H,23H2;1-17H,18H2;2*1-16H,17H2. The molecule has 2 atom stereocenters. The largest absolute Gasteiger partial charge is 0.310 e. The molecule has 0 spiro atoms. The second-order valence-corrected chi connectivity index (χ2v) is 38.7. The van der Waals surface area contributed by atoms with Gasteiger partial charge in [0.2, 0.25) is 0 Å². The van der Waals surface area contributed by atoms with Crippen LogP contribution in [-0.2, 0) is 23.0 Å². The van der Waals surface area contributed by atoms with Gasteiger partial charge < -0.3 is 4.90 Å². The summed E-state index contributed by atoms with van der Waals surface area (Å²) >= 11 is 7.13. The van der Waals surface area contributed by atoms with Gasteiger partial charge in [0.05, 0.1) is 107 Å². The van der Waals surface area contributed by atoms with Gasteiger partial charge in [-0.1, -0.05) is 399 Å². The number of aliphatic imine (C=N–C) groups is 1. The van der Waals surface area contributed by atoms with Crippen LogP contribution in [0.15, 0.2) is 451 Å². The van der Waals surface area contributed by atoms with Crippen LogP contribution >= 0.6 is 47.0 Å². The van der Waals surface area contributed by atoms with Gasteiger partial charge in [0.15, 0.2) is 49.8 Å². The quantitative estimate of drug-likeness (QED) is 0.119. The van der Waals surface area contributed by atoms with Gasteiger partial charge in [-0.25, -0.2) is 59.8 Å². The molecule has 0 fully saturated rings. The molecule has 0 aliphatic carbocycles. The number of anilines is 1. The monoisotopic (exact) mass is 1900 g/mol. The van der Waals surface area contributed by atoms with Gasteiger partial charge in [0.25, 0.3) is 0 Å². The van der Waals surface area contributed by atoms with Gasteiger partial charge in [-0.05, 0) is 112 Å². The topological polar surface area (TPSA) is 185 Å². The lowest BCUT2D eigenvalue weighted by Crippen LogP contribution is -2.33. The predicted octanol–water partition coefficient (Wildman–Crippen LogP) is 29.5. The summed E-state index contributed by atoms with van der Waals surface area (Å²) in [5.41, 5.74) is 35.0. The van der Waals surface area contributed by atoms with E-state index in [0.29, 0.717) is 17.5 Å². The Balaban J connectivity index is 0.0000000974. The maximum Gasteiger partial charge on any atom is 0.174 e. The highest BCUT2D eigenvalue weighted by molar-refractivity contribution is 8.13. The first-order valence-corrected chi connectivity index (χ1v) is 51.1. The molecule has 12 heterocycles. The van der Waals surface area contributed by atoms with Crippen LogP contribution in [0, 0.1) is 0 Å². The van der Waals surface area contributed by atoms with Gasteiger partial charge in [-0.2, -0.15) is 0 Å². The number of amidine groups is 1. The Kier molecular flexibility index (Phi) is 22.3. The zero-order valence-corrected chi connectivity index (χ0v) is 79.5. The lowest BCUT2D eigenvalue weighted by Gasteiger charge is -2.36. The second-order valence-electron chi connectivity index (χ2n) is 34.9. The zero-order chi connectivity index (χ0) is 93.9. The van der Waals surface area contributed by atoms with Crippen LogP contribution in [-0.4, -0.2) is 78.7 Å². The van der Waals surface area contributed by atoms with Crippen molar-refractivity contribution < 1.29 is 0 Å². The molecule has 7 aromatic heterocycles. The Morgan fingerprint density at radius 1 is 0.204 bits per heavy atom. The Bertz CT molecular complexity index is 8970. The van der Waals surface area contributed by atoms with Crippen LogP contribution in [0.2, 0.25) is 0 Å². The Labute approximate surface area is 834 Å². The van der Waals surface area contributed by atoms with Crippen molar-refractivity contribution >= 4 is 124 Å². The summed E-state index contributed by atoms with van der Waals surface area (Å²) < 4.78 is 6.82. The molecule has 17 nitrogen and oxygen atoms in total. The van der Waals surface area contributed by atoms with E-state index in [0.717, 1.165) is 217 Å². The maximum atomic E-state index is 5.35. The first-order chi connectivity index (χ1) is 70.4. The molecule has 2 unspecified atom stereocenters. The molecule has 0 bridgehead atoms. The lowest BCUT2D eigenvalue weighted by atomic mass is 9.92. The normalized spacial score (nSPS) is 14.0. The highest BCUT2D eigenvalue weighted by Gasteiger charge is 2.44. The molecule has 24 aromatic rings. The average molecular weight is 1900 g/mol. The van der Waals surface area contributed by atoms with Gasteiger partial charge in [0.1, 0.15) is 6.04 Å². The SMILES string of the molecule is c1ccc(-c2nc(-c3cccc4c3-n3c(nc5ccccc53)SC4)nc3ccccc23)cc1.c1ccc(-c2nc(-c3cccc4c3N3C(=NC(c5ccccc5)C3c3ccccc3)SC4)nc3ccccc23)cc1.c1ccc(-c2nc(-c3ccccc3)nc(-c3cccc4c3-n3c(nc5ccccc53)SC4)n2)cc1.c1ccc(-c2nc3ccccc3nc2-c2cccc3c2-n2c(nc4ccccc42)SC3)cc1. The van der Waals surface area contributed by atoms with Crippen LogP contribution in [0.4, 0.5) is 5.69 Å². The van der Waals surface area contributed by atoms with E-state index in [1.165, 1.54) is 33.4 Å². The Hall–Kier alpha value is -17.0. The van der Waals surface area contributed by atoms with Crippen LogP contribution < -0.4 is 4.90 Å². The van der Waals surface area contributed by atoms with Crippen LogP contribution in [0.1, 0.15) is 45.5 Å². The number of hydrogen-bond acceptors (Lipinski definition) is 18. The highest BCUT2D eigenvalue weighted by Crippen LogP contribution is 2.55. The van der Waals surface area contributed by atoms with Gasteiger partial charge in [0, 0.05) is 83.9 Å². The number of fused-ring (bicyclic) bond motifs is 21. The zero-order valence-electron chi connectivity index (χ0n) is 76.2. The number of rotatable bonds is 11. The third kappa shape index (κ3) is 15.8. The maximum absolute atomic E-state index is 5.35. The minimum atomic E-state index is -0.0162. The molecule has 674 valence electrons. The van der Waals surface area contributed by atoms with E-state index in [1.54, 1.807) is 35.3 Å². The number of imidazole rings is 3. The minimum absolute atomic E-state index is 0.0162. The number of nitrogens with zero attached hydrogens (tertiary/aromatic N) is 17. The van der Waals surface area contributed by atoms with E-state index < -0.39 is 0 Å². The van der Waals surface area contributed by atoms with E-state index in [9.17, 15) is 0 Å². The molecule has 142 heavy (non-hydrogen) atoms. The van der Waals surface area contributed by atoms with Gasteiger partial charge in [-0.3, -0.25) is 18.7 Å². The Morgan fingerprint density at radius 3 is 0.944 bits per heavy atom. The van der Waals surface area contributed by atoms with E-state index in [2.05, 4.69) is 310 Å². The number of aromatic nitrogens is 15. The lowest BCUT2D eigenvalue weighted by molar-refractivity contribution is 0.611. The van der Waals surface area contributed by atoms with Crippen LogP contribution in [0.5, 0.6) is 0 Å². The smallest absolute Gasteiger partial charge is 0.174 e. The molecule has 17 aromatic carbocycles. The van der Waals surface area contributed by atoms with Crippen molar-refractivity contribution in [2.75, 3.05) is 4.90 Å². The third-order valence-electron chi connectivity index (χ3n) is 26.3. The summed E-state index contributed by atoms with van der Waals surface area (Å²) in [6, 6.07) is 148. The second kappa shape index (κ2) is 37.1. The molecule has 0 N–H and O–H groups in total. The fourth-order valence-electron chi connectivity index (χ4n) is 19.8. The highest BCUT2D eigenvalue weighted by atomic mass is 32.2. The number of para-hydroxylation sites is 14. The molecule has 5 aliphatic rings. The van der Waals surface area contributed by atoms with Crippen molar-refractivity contribution in [1.82, 2.24) is 73.5 Å². The van der Waals surface area contributed by atoms with E-state index in [-0.39, 0.29) is 12.1 Å². The number of thioether (sulfide) groups is 4. The molecule has 5 aliphatic heterocycles. The van der Waals surface area contributed by atoms with Crippen molar-refractivity contribution in [3.63, 3.8) is 0 Å². The Morgan fingerprint density at radius 2 is 0.514 bits per heavy atom. The summed E-state index contributed by atoms with van der Waals surface area (Å²) in [4.78, 5) is 68.1. The van der Waals surface area contributed by atoms with Crippen molar-refractivity contribution in [2.24, 2.45) is 4.99 Å². The van der Waals surface area contributed by atoms with E-state index in [1.807, 2.05) is 151 Å². The van der Waals surface area contributed by atoms with E-state index >= 15 is 0 Å². The van der Waals surface area contributed by atoms with Crippen molar-refractivity contribution in [2.45, 2.75) is 50.6 Å². The first-order valence-electron chi connectivity index (χ1n) is 47.2. The summed E-state index contributed by atoms with van der Waals surface area (Å²) in [7, 11) is 0. The van der Waals surface area contributed by atoms with Crippen molar-refractivity contribution in [3.8, 4) is 119 Å². The molecular weight excluding hydrogens is 1820 g/mol.